The Bertz CT molecular complexity index is 1070. The smallest absolute Gasteiger partial charge is 0.255 e. The highest BCUT2D eigenvalue weighted by molar-refractivity contribution is 8.00. The molecular formula is C24H27N3OS2. The maximum Gasteiger partial charge on any atom is 0.255 e. The molecule has 0 aliphatic carbocycles. The van der Waals surface area contributed by atoms with E-state index < -0.39 is 0 Å². The van der Waals surface area contributed by atoms with Crippen LogP contribution in [0.1, 0.15) is 59.2 Å². The van der Waals surface area contributed by atoms with Gasteiger partial charge >= 0.3 is 0 Å². The lowest BCUT2D eigenvalue weighted by Crippen LogP contribution is -2.48. The SMILES string of the molecule is Cc1ccc(C2(C)CC(C)(C)N(CSc3nnc(C)s3)C(=O)c3ccccc32)cc1. The van der Waals surface area contributed by atoms with Crippen LogP contribution in [0.4, 0.5) is 0 Å². The van der Waals surface area contributed by atoms with Gasteiger partial charge in [-0.3, -0.25) is 4.79 Å². The first-order valence-corrected chi connectivity index (χ1v) is 11.9. The van der Waals surface area contributed by atoms with Gasteiger partial charge in [-0.15, -0.1) is 10.2 Å². The van der Waals surface area contributed by atoms with Crippen molar-refractivity contribution in [3.63, 3.8) is 0 Å². The standard InChI is InChI=1S/C24H27N3OS2/c1-16-10-12-18(13-11-16)24(5)14-23(3,4)27(15-29-22-26-25-17(2)30-22)21(28)19-8-6-7-9-20(19)24/h6-13H,14-15H2,1-5H3. The Morgan fingerprint density at radius 3 is 2.40 bits per heavy atom. The summed E-state index contributed by atoms with van der Waals surface area (Å²) < 4.78 is 0.898. The van der Waals surface area contributed by atoms with Crippen LogP contribution in [-0.4, -0.2) is 32.4 Å². The van der Waals surface area contributed by atoms with Crippen LogP contribution in [0.15, 0.2) is 52.9 Å². The number of amides is 1. The monoisotopic (exact) mass is 437 g/mol. The summed E-state index contributed by atoms with van der Waals surface area (Å²) >= 11 is 3.15. The molecule has 0 saturated heterocycles. The highest BCUT2D eigenvalue weighted by Gasteiger charge is 2.45. The zero-order chi connectivity index (χ0) is 21.5. The first kappa shape index (κ1) is 21.1. The number of hydrogen-bond donors (Lipinski definition) is 0. The lowest BCUT2D eigenvalue weighted by molar-refractivity contribution is 0.0588. The number of fused-ring (bicyclic) bond motifs is 1. The minimum Gasteiger partial charge on any atom is -0.324 e. The van der Waals surface area contributed by atoms with Crippen LogP contribution in [0.25, 0.3) is 0 Å². The maximum absolute atomic E-state index is 13.7. The second-order valence-electron chi connectivity index (χ2n) is 8.83. The van der Waals surface area contributed by atoms with Crippen LogP contribution in [0.3, 0.4) is 0 Å². The Hall–Kier alpha value is -2.18. The predicted molar refractivity (Wildman–Crippen MR) is 124 cm³/mol. The van der Waals surface area contributed by atoms with Crippen molar-refractivity contribution in [2.45, 2.75) is 56.3 Å². The highest BCUT2D eigenvalue weighted by Crippen LogP contribution is 2.46. The van der Waals surface area contributed by atoms with Crippen molar-refractivity contribution in [3.8, 4) is 0 Å². The Kier molecular flexibility index (Phi) is 5.49. The molecular weight excluding hydrogens is 410 g/mol. The molecule has 4 rings (SSSR count). The molecule has 0 radical (unpaired) electrons. The lowest BCUT2D eigenvalue weighted by Gasteiger charge is -2.41. The number of benzene rings is 2. The Morgan fingerprint density at radius 2 is 1.73 bits per heavy atom. The van der Waals surface area contributed by atoms with Crippen LogP contribution in [0.5, 0.6) is 0 Å². The molecule has 156 valence electrons. The van der Waals surface area contributed by atoms with Gasteiger partial charge in [0.15, 0.2) is 4.34 Å². The number of hydrogen-bond acceptors (Lipinski definition) is 5. The minimum atomic E-state index is -0.331. The summed E-state index contributed by atoms with van der Waals surface area (Å²) in [5.41, 5.74) is 3.79. The number of carbonyl (C=O) groups is 1. The third kappa shape index (κ3) is 3.79. The molecule has 3 aromatic rings. The molecule has 4 nitrogen and oxygen atoms in total. The van der Waals surface area contributed by atoms with Crippen molar-refractivity contribution in [1.29, 1.82) is 0 Å². The Morgan fingerprint density at radius 1 is 1.03 bits per heavy atom. The Balaban J connectivity index is 1.77. The van der Waals surface area contributed by atoms with Gasteiger partial charge in [-0.05, 0) is 51.3 Å². The fraction of sp³-hybridized carbons (Fsp3) is 0.375. The van der Waals surface area contributed by atoms with Gasteiger partial charge in [-0.2, -0.15) is 0 Å². The molecule has 0 saturated carbocycles. The Labute approximate surface area is 186 Å². The molecule has 1 aliphatic heterocycles. The van der Waals surface area contributed by atoms with Gasteiger partial charge in [0.1, 0.15) is 5.01 Å². The number of rotatable bonds is 4. The predicted octanol–water partition coefficient (Wildman–Crippen LogP) is 5.84. The normalized spacial score (nSPS) is 20.7. The molecule has 1 aliphatic rings. The van der Waals surface area contributed by atoms with Gasteiger partial charge in [0.25, 0.3) is 5.91 Å². The van der Waals surface area contributed by atoms with Gasteiger partial charge in [-0.25, -0.2) is 0 Å². The first-order chi connectivity index (χ1) is 14.2. The number of aryl methyl sites for hydroxylation is 2. The van der Waals surface area contributed by atoms with Crippen molar-refractivity contribution in [1.82, 2.24) is 15.1 Å². The second-order valence-corrected chi connectivity index (χ2v) is 11.2. The molecule has 1 atom stereocenters. The largest absolute Gasteiger partial charge is 0.324 e. The molecule has 0 bridgehead atoms. The van der Waals surface area contributed by atoms with Crippen molar-refractivity contribution in [3.05, 3.63) is 75.8 Å². The van der Waals surface area contributed by atoms with Crippen LogP contribution in [-0.2, 0) is 5.41 Å². The topological polar surface area (TPSA) is 46.1 Å². The quantitative estimate of drug-likeness (QED) is 0.481. The van der Waals surface area contributed by atoms with Crippen molar-refractivity contribution in [2.24, 2.45) is 0 Å². The fourth-order valence-electron chi connectivity index (χ4n) is 4.50. The molecule has 2 aromatic carbocycles. The highest BCUT2D eigenvalue weighted by atomic mass is 32.2. The van der Waals surface area contributed by atoms with Crippen LogP contribution in [0, 0.1) is 13.8 Å². The van der Waals surface area contributed by atoms with Crippen molar-refractivity contribution in [2.75, 3.05) is 5.88 Å². The number of aromatic nitrogens is 2. The third-order valence-electron chi connectivity index (χ3n) is 6.03. The summed E-state index contributed by atoms with van der Waals surface area (Å²) in [6.07, 6.45) is 0.835. The number of carbonyl (C=O) groups excluding carboxylic acids is 1. The van der Waals surface area contributed by atoms with Gasteiger partial charge in [0.05, 0.1) is 5.88 Å². The summed E-state index contributed by atoms with van der Waals surface area (Å²) in [6.45, 7) is 10.7. The molecule has 0 spiro atoms. The summed E-state index contributed by atoms with van der Waals surface area (Å²) in [4.78, 5) is 15.7. The van der Waals surface area contributed by atoms with Crippen molar-refractivity contribution >= 4 is 29.0 Å². The zero-order valence-corrected chi connectivity index (χ0v) is 19.7. The van der Waals surface area contributed by atoms with Crippen LogP contribution < -0.4 is 0 Å². The van der Waals surface area contributed by atoms with E-state index in [9.17, 15) is 4.79 Å². The van der Waals surface area contributed by atoms with E-state index in [1.54, 1.807) is 23.1 Å². The molecule has 30 heavy (non-hydrogen) atoms. The van der Waals surface area contributed by atoms with Crippen molar-refractivity contribution < 1.29 is 4.79 Å². The van der Waals surface area contributed by atoms with Gasteiger partial charge in [-0.1, -0.05) is 78.1 Å². The van der Waals surface area contributed by atoms with E-state index >= 15 is 0 Å². The van der Waals surface area contributed by atoms with E-state index in [0.29, 0.717) is 5.88 Å². The maximum atomic E-state index is 13.7. The third-order valence-corrected chi connectivity index (χ3v) is 7.98. The molecule has 2 heterocycles. The molecule has 1 amide bonds. The first-order valence-electron chi connectivity index (χ1n) is 10.1. The van der Waals surface area contributed by atoms with Gasteiger partial charge < -0.3 is 4.90 Å². The molecule has 6 heteroatoms. The summed E-state index contributed by atoms with van der Waals surface area (Å²) in [7, 11) is 0. The van der Waals surface area contributed by atoms with Gasteiger partial charge in [0, 0.05) is 16.5 Å². The van der Waals surface area contributed by atoms with Gasteiger partial charge in [0.2, 0.25) is 0 Å². The lowest BCUT2D eigenvalue weighted by atomic mass is 9.69. The zero-order valence-electron chi connectivity index (χ0n) is 18.1. The minimum absolute atomic E-state index is 0.0835. The van der Waals surface area contributed by atoms with E-state index in [-0.39, 0.29) is 16.9 Å². The van der Waals surface area contributed by atoms with Crippen LogP contribution in [0.2, 0.25) is 0 Å². The van der Waals surface area contributed by atoms with E-state index in [2.05, 4.69) is 68.2 Å². The molecule has 1 aromatic heterocycles. The summed E-state index contributed by atoms with van der Waals surface area (Å²) in [5.74, 6) is 0.638. The molecule has 0 fully saturated rings. The van der Waals surface area contributed by atoms with Crippen LogP contribution >= 0.6 is 23.1 Å². The van der Waals surface area contributed by atoms with E-state index in [0.717, 1.165) is 26.9 Å². The summed E-state index contributed by atoms with van der Waals surface area (Å²) in [6, 6.07) is 16.8. The number of thioether (sulfide) groups is 1. The average molecular weight is 438 g/mol. The second kappa shape index (κ2) is 7.82. The van der Waals surface area contributed by atoms with E-state index in [1.165, 1.54) is 11.1 Å². The molecule has 0 N–H and O–H groups in total. The fourth-order valence-corrected chi connectivity index (χ4v) is 6.47. The number of nitrogens with zero attached hydrogens (tertiary/aromatic N) is 3. The van der Waals surface area contributed by atoms with E-state index in [1.807, 2.05) is 30.0 Å². The van der Waals surface area contributed by atoms with E-state index in [4.69, 9.17) is 0 Å². The molecule has 1 unspecified atom stereocenters. The summed E-state index contributed by atoms with van der Waals surface area (Å²) in [5, 5.41) is 9.26. The average Bonchev–Trinajstić information content (AvgIpc) is 3.10.